The van der Waals surface area contributed by atoms with E-state index in [0.29, 0.717) is 6.61 Å². The molecule has 100 valence electrons. The summed E-state index contributed by atoms with van der Waals surface area (Å²) in [4.78, 5) is 14.1. The van der Waals surface area contributed by atoms with E-state index in [1.807, 2.05) is 13.8 Å². The molecule has 0 spiro atoms. The third-order valence-corrected chi connectivity index (χ3v) is 3.26. The van der Waals surface area contributed by atoms with Crippen molar-refractivity contribution in [2.45, 2.75) is 39.7 Å². The molecule has 1 rings (SSSR count). The molecule has 17 heavy (non-hydrogen) atoms. The molecule has 2 atom stereocenters. The fraction of sp³-hybridized carbons (Fsp3) is 0.923. The van der Waals surface area contributed by atoms with Crippen molar-refractivity contribution >= 4 is 5.97 Å². The zero-order chi connectivity index (χ0) is 12.7. The van der Waals surface area contributed by atoms with E-state index in [1.165, 1.54) is 19.5 Å². The van der Waals surface area contributed by atoms with Crippen molar-refractivity contribution in [3.8, 4) is 0 Å². The van der Waals surface area contributed by atoms with E-state index < -0.39 is 0 Å². The van der Waals surface area contributed by atoms with Gasteiger partial charge in [0.05, 0.1) is 6.61 Å². The maximum atomic E-state index is 11.7. The smallest absolute Gasteiger partial charge is 0.323 e. The Balaban J connectivity index is 2.30. The van der Waals surface area contributed by atoms with E-state index in [0.717, 1.165) is 25.4 Å². The number of hydrogen-bond acceptors (Lipinski definition) is 4. The summed E-state index contributed by atoms with van der Waals surface area (Å²) in [6.45, 7) is 10.7. The van der Waals surface area contributed by atoms with Gasteiger partial charge >= 0.3 is 5.97 Å². The Labute approximate surface area is 105 Å². The number of ether oxygens (including phenoxy) is 1. The van der Waals surface area contributed by atoms with Crippen molar-refractivity contribution in [1.29, 1.82) is 0 Å². The van der Waals surface area contributed by atoms with Crippen molar-refractivity contribution < 1.29 is 9.53 Å². The van der Waals surface area contributed by atoms with Crippen molar-refractivity contribution in [3.63, 3.8) is 0 Å². The zero-order valence-electron chi connectivity index (χ0n) is 11.4. The lowest BCUT2D eigenvalue weighted by Crippen LogP contribution is -2.40. The van der Waals surface area contributed by atoms with Crippen LogP contribution in [-0.2, 0) is 9.53 Å². The Kier molecular flexibility index (Phi) is 6.52. The van der Waals surface area contributed by atoms with Crippen LogP contribution in [0.15, 0.2) is 0 Å². The number of carbonyl (C=O) groups is 1. The molecule has 4 heteroatoms. The highest BCUT2D eigenvalue weighted by Gasteiger charge is 2.22. The number of likely N-dealkylation sites (tertiary alicyclic amines) is 1. The number of carbonyl (C=O) groups excluding carboxylic acids is 1. The summed E-state index contributed by atoms with van der Waals surface area (Å²) in [6.07, 6.45) is 2.13. The zero-order valence-corrected chi connectivity index (χ0v) is 11.4. The average molecular weight is 242 g/mol. The number of nitrogens with one attached hydrogen (secondary N) is 1. The highest BCUT2D eigenvalue weighted by molar-refractivity contribution is 5.75. The van der Waals surface area contributed by atoms with Gasteiger partial charge in [0.25, 0.3) is 0 Å². The fourth-order valence-corrected chi connectivity index (χ4v) is 2.33. The third kappa shape index (κ3) is 5.04. The highest BCUT2D eigenvalue weighted by atomic mass is 16.5. The first kappa shape index (κ1) is 14.5. The number of nitrogens with zero attached hydrogens (tertiary/aromatic N) is 1. The van der Waals surface area contributed by atoms with E-state index in [4.69, 9.17) is 4.74 Å². The molecule has 1 N–H and O–H groups in total. The summed E-state index contributed by atoms with van der Waals surface area (Å²) in [6, 6.07) is -0.143. The second-order valence-corrected chi connectivity index (χ2v) is 4.85. The minimum Gasteiger partial charge on any atom is -0.465 e. The molecule has 0 radical (unpaired) electrons. The molecule has 0 amide bonds. The number of likely N-dealkylation sites (N-methyl/N-ethyl adjacent to an activating group) is 1. The van der Waals surface area contributed by atoms with Crippen molar-refractivity contribution in [2.24, 2.45) is 5.92 Å². The average Bonchev–Trinajstić information content (AvgIpc) is 2.70. The second-order valence-electron chi connectivity index (χ2n) is 4.85. The molecule has 1 heterocycles. The Morgan fingerprint density at radius 2 is 2.29 bits per heavy atom. The maximum Gasteiger partial charge on any atom is 0.323 e. The monoisotopic (exact) mass is 242 g/mol. The summed E-state index contributed by atoms with van der Waals surface area (Å²) in [5.74, 6) is 0.691. The highest BCUT2D eigenvalue weighted by Crippen LogP contribution is 2.15. The second kappa shape index (κ2) is 7.67. The van der Waals surface area contributed by atoms with E-state index in [1.54, 1.807) is 0 Å². The Hall–Kier alpha value is -0.610. The molecule has 0 aromatic carbocycles. The molecule has 0 aromatic rings. The number of esters is 1. The Morgan fingerprint density at radius 3 is 2.82 bits per heavy atom. The van der Waals surface area contributed by atoms with Crippen LogP contribution in [-0.4, -0.2) is 49.7 Å². The van der Waals surface area contributed by atoms with Crippen LogP contribution in [0.3, 0.4) is 0 Å². The van der Waals surface area contributed by atoms with Gasteiger partial charge in [-0.2, -0.15) is 0 Å². The summed E-state index contributed by atoms with van der Waals surface area (Å²) < 4.78 is 5.07. The Bertz CT molecular complexity index is 233. The Morgan fingerprint density at radius 1 is 1.53 bits per heavy atom. The van der Waals surface area contributed by atoms with Crippen LogP contribution >= 0.6 is 0 Å². The van der Waals surface area contributed by atoms with E-state index >= 15 is 0 Å². The van der Waals surface area contributed by atoms with Crippen LogP contribution in [0, 0.1) is 5.92 Å². The topological polar surface area (TPSA) is 41.6 Å². The fourth-order valence-electron chi connectivity index (χ4n) is 2.33. The standard InChI is InChI=1S/C13H26N2O2/c1-4-14-12(13(16)17-5-2)7-9-15-8-6-11(3)10-15/h11-12,14H,4-10H2,1-3H3. The maximum absolute atomic E-state index is 11.7. The first-order valence-electron chi connectivity index (χ1n) is 6.79. The van der Waals surface area contributed by atoms with E-state index in [-0.39, 0.29) is 12.0 Å². The van der Waals surface area contributed by atoms with Crippen LogP contribution in [0.25, 0.3) is 0 Å². The minimum absolute atomic E-state index is 0.110. The van der Waals surface area contributed by atoms with Gasteiger partial charge in [-0.25, -0.2) is 0 Å². The predicted octanol–water partition coefficient (Wildman–Crippen LogP) is 1.26. The molecule has 0 aromatic heterocycles. The van der Waals surface area contributed by atoms with Crippen LogP contribution in [0.5, 0.6) is 0 Å². The van der Waals surface area contributed by atoms with Gasteiger partial charge < -0.3 is 15.0 Å². The van der Waals surface area contributed by atoms with Gasteiger partial charge in [-0.3, -0.25) is 4.79 Å². The molecule has 0 bridgehead atoms. The SMILES string of the molecule is CCNC(CCN1CCC(C)C1)C(=O)OCC. The van der Waals surface area contributed by atoms with Crippen LogP contribution in [0.2, 0.25) is 0 Å². The lowest BCUT2D eigenvalue weighted by molar-refractivity contribution is -0.145. The van der Waals surface area contributed by atoms with Crippen LogP contribution in [0.4, 0.5) is 0 Å². The van der Waals surface area contributed by atoms with Gasteiger partial charge in [-0.1, -0.05) is 13.8 Å². The van der Waals surface area contributed by atoms with Gasteiger partial charge in [0.1, 0.15) is 6.04 Å². The van der Waals surface area contributed by atoms with Gasteiger partial charge in [0, 0.05) is 13.1 Å². The van der Waals surface area contributed by atoms with Crippen LogP contribution in [0.1, 0.15) is 33.6 Å². The molecular formula is C13H26N2O2. The molecule has 0 saturated carbocycles. The molecule has 1 aliphatic heterocycles. The third-order valence-electron chi connectivity index (χ3n) is 3.26. The lowest BCUT2D eigenvalue weighted by Gasteiger charge is -2.20. The molecular weight excluding hydrogens is 216 g/mol. The van der Waals surface area contributed by atoms with E-state index in [9.17, 15) is 4.79 Å². The summed E-state index contributed by atoms with van der Waals surface area (Å²) >= 11 is 0. The summed E-state index contributed by atoms with van der Waals surface area (Å²) in [5, 5.41) is 3.20. The van der Waals surface area contributed by atoms with Gasteiger partial charge in [-0.05, 0) is 38.8 Å². The molecule has 0 aliphatic carbocycles. The first-order valence-corrected chi connectivity index (χ1v) is 6.79. The molecule has 1 saturated heterocycles. The minimum atomic E-state index is -0.143. The normalized spacial score (nSPS) is 22.6. The predicted molar refractivity (Wildman–Crippen MR) is 68.9 cm³/mol. The van der Waals surface area contributed by atoms with Gasteiger partial charge in [-0.15, -0.1) is 0 Å². The van der Waals surface area contributed by atoms with E-state index in [2.05, 4.69) is 17.1 Å². The van der Waals surface area contributed by atoms with Crippen molar-refractivity contribution in [3.05, 3.63) is 0 Å². The van der Waals surface area contributed by atoms with Crippen molar-refractivity contribution in [2.75, 3.05) is 32.8 Å². The van der Waals surface area contributed by atoms with Gasteiger partial charge in [0.15, 0.2) is 0 Å². The van der Waals surface area contributed by atoms with Crippen molar-refractivity contribution in [1.82, 2.24) is 10.2 Å². The molecule has 4 nitrogen and oxygen atoms in total. The largest absolute Gasteiger partial charge is 0.465 e. The first-order chi connectivity index (χ1) is 8.17. The summed E-state index contributed by atoms with van der Waals surface area (Å²) in [5.41, 5.74) is 0. The van der Waals surface area contributed by atoms with Gasteiger partial charge in [0.2, 0.25) is 0 Å². The molecule has 1 aliphatic rings. The lowest BCUT2D eigenvalue weighted by atomic mass is 10.2. The number of rotatable bonds is 7. The quantitative estimate of drug-likeness (QED) is 0.682. The summed E-state index contributed by atoms with van der Waals surface area (Å²) in [7, 11) is 0. The molecule has 1 fully saturated rings. The van der Waals surface area contributed by atoms with Crippen LogP contribution < -0.4 is 5.32 Å². The number of hydrogen-bond donors (Lipinski definition) is 1. The molecule has 2 unspecified atom stereocenters.